The van der Waals surface area contributed by atoms with Crippen molar-refractivity contribution in [3.8, 4) is 0 Å². The van der Waals surface area contributed by atoms with Gasteiger partial charge in [0, 0.05) is 0 Å². The molecule has 0 aromatic heterocycles. The maximum absolute atomic E-state index is 13.1. The lowest BCUT2D eigenvalue weighted by molar-refractivity contribution is 0.572. The molecule has 0 heterocycles. The van der Waals surface area contributed by atoms with Gasteiger partial charge in [-0.3, -0.25) is 0 Å². The Morgan fingerprint density at radius 2 is 1.36 bits per heavy atom. The summed E-state index contributed by atoms with van der Waals surface area (Å²) in [6.45, 7) is 1.94. The predicted molar refractivity (Wildman–Crippen MR) is 114 cm³/mol. The van der Waals surface area contributed by atoms with Gasteiger partial charge in [0.2, 0.25) is 10.0 Å². The first kappa shape index (κ1) is 18.4. The van der Waals surface area contributed by atoms with Gasteiger partial charge in [-0.15, -0.1) is 0 Å². The molecule has 0 radical (unpaired) electrons. The van der Waals surface area contributed by atoms with E-state index in [9.17, 15) is 8.42 Å². The molecule has 0 aliphatic carbocycles. The first-order chi connectivity index (χ1) is 13.5. The van der Waals surface area contributed by atoms with Crippen LogP contribution in [-0.4, -0.2) is 8.42 Å². The summed E-state index contributed by atoms with van der Waals surface area (Å²) in [6.07, 6.45) is 0. The van der Waals surface area contributed by atoms with Gasteiger partial charge in [0.15, 0.2) is 0 Å². The fourth-order valence-corrected chi connectivity index (χ4v) is 4.60. The highest BCUT2D eigenvalue weighted by Gasteiger charge is 2.24. The van der Waals surface area contributed by atoms with Crippen molar-refractivity contribution in [1.82, 2.24) is 4.72 Å². The van der Waals surface area contributed by atoms with Crippen LogP contribution in [0.4, 0.5) is 0 Å². The molecule has 4 aromatic rings. The van der Waals surface area contributed by atoms with E-state index in [0.717, 1.165) is 27.5 Å². The minimum Gasteiger partial charge on any atom is -0.207 e. The first-order valence-corrected chi connectivity index (χ1v) is 10.6. The summed E-state index contributed by atoms with van der Waals surface area (Å²) in [5, 5.41) is 2.11. The molecule has 1 atom stereocenters. The standard InChI is InChI=1S/C24H21NO2S/c1-18-14-16-21(17-15-18)28(26,27)25-24(20-9-3-2-4-10-20)23-13-7-11-19-8-5-6-12-22(19)23/h2-17,24-25H,1H3. The van der Waals surface area contributed by atoms with Gasteiger partial charge < -0.3 is 0 Å². The molecule has 0 aliphatic heterocycles. The number of sulfonamides is 1. The Hall–Kier alpha value is -2.95. The quantitative estimate of drug-likeness (QED) is 0.510. The van der Waals surface area contributed by atoms with Crippen LogP contribution in [-0.2, 0) is 10.0 Å². The SMILES string of the molecule is Cc1ccc(S(=O)(=O)NC(c2ccccc2)c2cccc3ccccc23)cc1. The van der Waals surface area contributed by atoms with E-state index in [2.05, 4.69) is 4.72 Å². The van der Waals surface area contributed by atoms with Crippen molar-refractivity contribution in [2.24, 2.45) is 0 Å². The van der Waals surface area contributed by atoms with Gasteiger partial charge in [0.05, 0.1) is 10.9 Å². The molecule has 4 heteroatoms. The molecule has 1 N–H and O–H groups in total. The normalized spacial score (nSPS) is 12.8. The average molecular weight is 388 g/mol. The Bertz CT molecular complexity index is 1200. The molecule has 0 amide bonds. The van der Waals surface area contributed by atoms with Gasteiger partial charge in [-0.05, 0) is 41.0 Å². The zero-order valence-corrected chi connectivity index (χ0v) is 16.4. The summed E-state index contributed by atoms with van der Waals surface area (Å²) in [7, 11) is -3.69. The van der Waals surface area contributed by atoms with E-state index in [-0.39, 0.29) is 4.90 Å². The Labute approximate surface area is 165 Å². The Kier molecular flexibility index (Phi) is 4.99. The number of hydrogen-bond donors (Lipinski definition) is 1. The summed E-state index contributed by atoms with van der Waals surface area (Å²) in [5.74, 6) is 0. The van der Waals surface area contributed by atoms with E-state index in [1.807, 2.05) is 91.9 Å². The van der Waals surface area contributed by atoms with Crippen LogP contribution < -0.4 is 4.72 Å². The lowest BCUT2D eigenvalue weighted by Crippen LogP contribution is -2.29. The van der Waals surface area contributed by atoms with Crippen molar-refractivity contribution in [1.29, 1.82) is 0 Å². The molecule has 140 valence electrons. The van der Waals surface area contributed by atoms with E-state index < -0.39 is 16.1 Å². The first-order valence-electron chi connectivity index (χ1n) is 9.16. The highest BCUT2D eigenvalue weighted by atomic mass is 32.2. The third-order valence-corrected chi connectivity index (χ3v) is 6.31. The van der Waals surface area contributed by atoms with Crippen molar-refractivity contribution in [3.05, 3.63) is 114 Å². The fraction of sp³-hybridized carbons (Fsp3) is 0.0833. The molecule has 1 unspecified atom stereocenters. The van der Waals surface area contributed by atoms with E-state index in [1.54, 1.807) is 12.1 Å². The van der Waals surface area contributed by atoms with Crippen LogP contribution in [0.2, 0.25) is 0 Å². The summed E-state index contributed by atoms with van der Waals surface area (Å²) in [4.78, 5) is 0.263. The largest absolute Gasteiger partial charge is 0.241 e. The third kappa shape index (κ3) is 3.70. The number of rotatable bonds is 5. The van der Waals surface area contributed by atoms with Crippen molar-refractivity contribution >= 4 is 20.8 Å². The molecule has 0 spiro atoms. The van der Waals surface area contributed by atoms with Crippen LogP contribution >= 0.6 is 0 Å². The van der Waals surface area contributed by atoms with E-state index in [4.69, 9.17) is 0 Å². The van der Waals surface area contributed by atoms with Gasteiger partial charge in [0.25, 0.3) is 0 Å². The molecule has 0 bridgehead atoms. The zero-order chi connectivity index (χ0) is 19.6. The lowest BCUT2D eigenvalue weighted by atomic mass is 9.94. The lowest BCUT2D eigenvalue weighted by Gasteiger charge is -2.21. The van der Waals surface area contributed by atoms with E-state index >= 15 is 0 Å². The summed E-state index contributed by atoms with van der Waals surface area (Å²) in [6, 6.07) is 30.1. The van der Waals surface area contributed by atoms with Gasteiger partial charge in [-0.25, -0.2) is 8.42 Å². The monoisotopic (exact) mass is 387 g/mol. The number of benzene rings is 4. The Morgan fingerprint density at radius 1 is 0.714 bits per heavy atom. The van der Waals surface area contributed by atoms with E-state index in [0.29, 0.717) is 0 Å². The smallest absolute Gasteiger partial charge is 0.207 e. The maximum Gasteiger partial charge on any atom is 0.241 e. The molecule has 4 rings (SSSR count). The molecule has 0 fully saturated rings. The zero-order valence-electron chi connectivity index (χ0n) is 15.5. The number of fused-ring (bicyclic) bond motifs is 1. The number of aryl methyl sites for hydroxylation is 1. The van der Waals surface area contributed by atoms with Crippen molar-refractivity contribution in [2.75, 3.05) is 0 Å². The fourth-order valence-electron chi connectivity index (χ4n) is 3.40. The van der Waals surface area contributed by atoms with Crippen molar-refractivity contribution in [2.45, 2.75) is 17.9 Å². The van der Waals surface area contributed by atoms with Crippen LogP contribution in [0, 0.1) is 6.92 Å². The van der Waals surface area contributed by atoms with Gasteiger partial charge in [-0.1, -0.05) is 90.5 Å². The van der Waals surface area contributed by atoms with Crippen LogP contribution in [0.25, 0.3) is 10.8 Å². The molecule has 0 saturated heterocycles. The van der Waals surface area contributed by atoms with Crippen LogP contribution in [0.3, 0.4) is 0 Å². The summed E-state index contributed by atoms with van der Waals surface area (Å²) in [5.41, 5.74) is 2.85. The molecular weight excluding hydrogens is 366 g/mol. The Morgan fingerprint density at radius 3 is 2.11 bits per heavy atom. The van der Waals surface area contributed by atoms with Gasteiger partial charge >= 0.3 is 0 Å². The number of nitrogens with one attached hydrogen (secondary N) is 1. The average Bonchev–Trinajstić information content (AvgIpc) is 2.73. The van der Waals surface area contributed by atoms with Gasteiger partial charge in [0.1, 0.15) is 0 Å². The molecule has 4 aromatic carbocycles. The molecular formula is C24H21NO2S. The van der Waals surface area contributed by atoms with Crippen LogP contribution in [0.15, 0.2) is 102 Å². The molecule has 0 aliphatic rings. The predicted octanol–water partition coefficient (Wildman–Crippen LogP) is 5.22. The van der Waals surface area contributed by atoms with Gasteiger partial charge in [-0.2, -0.15) is 4.72 Å². The second-order valence-corrected chi connectivity index (χ2v) is 8.56. The minimum absolute atomic E-state index is 0.263. The van der Waals surface area contributed by atoms with Crippen LogP contribution in [0.5, 0.6) is 0 Å². The Balaban J connectivity index is 1.84. The molecule has 28 heavy (non-hydrogen) atoms. The van der Waals surface area contributed by atoms with Crippen molar-refractivity contribution < 1.29 is 8.42 Å². The third-order valence-electron chi connectivity index (χ3n) is 4.87. The van der Waals surface area contributed by atoms with E-state index in [1.165, 1.54) is 0 Å². The highest BCUT2D eigenvalue weighted by molar-refractivity contribution is 7.89. The summed E-state index contributed by atoms with van der Waals surface area (Å²) < 4.78 is 29.2. The summed E-state index contributed by atoms with van der Waals surface area (Å²) >= 11 is 0. The second-order valence-electron chi connectivity index (χ2n) is 6.85. The molecule has 3 nitrogen and oxygen atoms in total. The maximum atomic E-state index is 13.1. The second kappa shape index (κ2) is 7.58. The topological polar surface area (TPSA) is 46.2 Å². The number of hydrogen-bond acceptors (Lipinski definition) is 2. The van der Waals surface area contributed by atoms with Crippen LogP contribution in [0.1, 0.15) is 22.7 Å². The molecule has 0 saturated carbocycles. The van der Waals surface area contributed by atoms with Crippen molar-refractivity contribution in [3.63, 3.8) is 0 Å². The highest BCUT2D eigenvalue weighted by Crippen LogP contribution is 2.30. The minimum atomic E-state index is -3.69.